The van der Waals surface area contributed by atoms with E-state index in [2.05, 4.69) is 15.9 Å². The lowest BCUT2D eigenvalue weighted by molar-refractivity contribution is 0.465. The molecule has 0 fully saturated rings. The zero-order valence-electron chi connectivity index (χ0n) is 7.85. The van der Waals surface area contributed by atoms with Crippen LogP contribution in [0.1, 0.15) is 17.2 Å². The van der Waals surface area contributed by atoms with Crippen LogP contribution in [-0.2, 0) is 0 Å². The quantitative estimate of drug-likeness (QED) is 0.889. The molecule has 2 aromatic rings. The molecule has 0 spiro atoms. The molecular formula is C11H10BrNOS. The maximum absolute atomic E-state index is 9.71. The molecule has 0 aliphatic heterocycles. The Hall–Kier alpha value is -0.840. The highest BCUT2D eigenvalue weighted by Gasteiger charge is 2.13. The molecule has 4 heteroatoms. The minimum atomic E-state index is -0.270. The highest BCUT2D eigenvalue weighted by Crippen LogP contribution is 2.30. The normalized spacial score (nSPS) is 12.7. The third-order valence-corrected chi connectivity index (χ3v) is 3.42. The lowest BCUT2D eigenvalue weighted by Gasteiger charge is -2.12. The van der Waals surface area contributed by atoms with E-state index in [-0.39, 0.29) is 11.8 Å². The smallest absolute Gasteiger partial charge is 0.120 e. The number of rotatable bonds is 2. The lowest BCUT2D eigenvalue weighted by Crippen LogP contribution is -2.10. The summed E-state index contributed by atoms with van der Waals surface area (Å²) in [5.41, 5.74) is 7.82. The van der Waals surface area contributed by atoms with Crippen molar-refractivity contribution in [2.24, 2.45) is 5.73 Å². The van der Waals surface area contributed by atoms with E-state index >= 15 is 0 Å². The highest BCUT2D eigenvalue weighted by atomic mass is 79.9. The van der Waals surface area contributed by atoms with Gasteiger partial charge in [0.05, 0.1) is 6.04 Å². The molecule has 0 radical (unpaired) electrons. The maximum atomic E-state index is 9.71. The summed E-state index contributed by atoms with van der Waals surface area (Å²) in [6.07, 6.45) is 0. The molecule has 1 aromatic carbocycles. The van der Waals surface area contributed by atoms with E-state index in [1.54, 1.807) is 23.5 Å². The zero-order chi connectivity index (χ0) is 10.8. The molecule has 1 atom stereocenters. The van der Waals surface area contributed by atoms with Gasteiger partial charge >= 0.3 is 0 Å². The van der Waals surface area contributed by atoms with Gasteiger partial charge in [-0.2, -0.15) is 11.3 Å². The molecule has 0 bridgehead atoms. The molecule has 0 unspecified atom stereocenters. The Morgan fingerprint density at radius 2 is 2.13 bits per heavy atom. The summed E-state index contributed by atoms with van der Waals surface area (Å²) in [7, 11) is 0. The summed E-state index contributed by atoms with van der Waals surface area (Å²) in [6.45, 7) is 0. The van der Waals surface area contributed by atoms with Gasteiger partial charge in [0.15, 0.2) is 0 Å². The van der Waals surface area contributed by atoms with Crippen molar-refractivity contribution in [3.8, 4) is 5.75 Å². The minimum Gasteiger partial charge on any atom is -0.508 e. The van der Waals surface area contributed by atoms with E-state index in [0.717, 1.165) is 15.6 Å². The molecule has 3 N–H and O–H groups in total. The van der Waals surface area contributed by atoms with Crippen LogP contribution in [0.25, 0.3) is 0 Å². The Bertz CT molecular complexity index is 456. The second-order valence-corrected chi connectivity index (χ2v) is 4.93. The second-order valence-electron chi connectivity index (χ2n) is 3.24. The Labute approximate surface area is 100 Å². The molecule has 2 nitrogen and oxygen atoms in total. The number of benzene rings is 1. The third-order valence-electron chi connectivity index (χ3n) is 2.23. The number of thiophene rings is 1. The van der Waals surface area contributed by atoms with E-state index in [1.807, 2.05) is 22.9 Å². The van der Waals surface area contributed by atoms with E-state index in [1.165, 1.54) is 0 Å². The fourth-order valence-electron chi connectivity index (χ4n) is 1.41. The van der Waals surface area contributed by atoms with Crippen LogP contribution in [0.4, 0.5) is 0 Å². The Kier molecular flexibility index (Phi) is 3.09. The van der Waals surface area contributed by atoms with E-state index in [9.17, 15) is 5.11 Å². The van der Waals surface area contributed by atoms with Crippen molar-refractivity contribution in [1.29, 1.82) is 0 Å². The summed E-state index contributed by atoms with van der Waals surface area (Å²) in [6, 6.07) is 6.98. The highest BCUT2D eigenvalue weighted by molar-refractivity contribution is 9.10. The van der Waals surface area contributed by atoms with Crippen LogP contribution in [0.3, 0.4) is 0 Å². The van der Waals surface area contributed by atoms with Crippen LogP contribution in [0.5, 0.6) is 5.75 Å². The van der Waals surface area contributed by atoms with Crippen molar-refractivity contribution in [2.45, 2.75) is 6.04 Å². The van der Waals surface area contributed by atoms with Gasteiger partial charge in [0.25, 0.3) is 0 Å². The van der Waals surface area contributed by atoms with Crippen LogP contribution in [0, 0.1) is 0 Å². The van der Waals surface area contributed by atoms with Gasteiger partial charge in [0, 0.05) is 10.0 Å². The van der Waals surface area contributed by atoms with Crippen molar-refractivity contribution in [3.05, 3.63) is 50.6 Å². The summed E-state index contributed by atoms with van der Waals surface area (Å²) in [4.78, 5) is 0. The van der Waals surface area contributed by atoms with Gasteiger partial charge < -0.3 is 10.8 Å². The van der Waals surface area contributed by atoms with Crippen LogP contribution in [0.15, 0.2) is 39.5 Å². The van der Waals surface area contributed by atoms with Gasteiger partial charge in [-0.3, -0.25) is 0 Å². The summed E-state index contributed by atoms with van der Waals surface area (Å²) < 4.78 is 0.918. The zero-order valence-corrected chi connectivity index (χ0v) is 10.3. The molecule has 0 amide bonds. The third kappa shape index (κ3) is 2.22. The van der Waals surface area contributed by atoms with E-state index in [0.29, 0.717) is 0 Å². The van der Waals surface area contributed by atoms with Gasteiger partial charge in [-0.25, -0.2) is 0 Å². The lowest BCUT2D eigenvalue weighted by atomic mass is 10.0. The Morgan fingerprint density at radius 3 is 2.80 bits per heavy atom. The van der Waals surface area contributed by atoms with Gasteiger partial charge in [0.1, 0.15) is 5.75 Å². The van der Waals surface area contributed by atoms with E-state index < -0.39 is 0 Å². The Balaban J connectivity index is 2.41. The largest absolute Gasteiger partial charge is 0.508 e. The van der Waals surface area contributed by atoms with Crippen molar-refractivity contribution >= 4 is 27.3 Å². The summed E-state index contributed by atoms with van der Waals surface area (Å²) in [5, 5.41) is 13.7. The van der Waals surface area contributed by atoms with Crippen molar-refractivity contribution < 1.29 is 5.11 Å². The van der Waals surface area contributed by atoms with Crippen molar-refractivity contribution in [3.63, 3.8) is 0 Å². The number of hydrogen-bond donors (Lipinski definition) is 2. The number of hydrogen-bond acceptors (Lipinski definition) is 3. The summed E-state index contributed by atoms with van der Waals surface area (Å²) >= 11 is 4.96. The first-order valence-electron chi connectivity index (χ1n) is 4.44. The molecule has 2 rings (SSSR count). The van der Waals surface area contributed by atoms with Crippen molar-refractivity contribution in [2.75, 3.05) is 0 Å². The molecule has 1 heterocycles. The van der Waals surface area contributed by atoms with E-state index in [4.69, 9.17) is 5.73 Å². The number of phenolic OH excluding ortho intramolecular Hbond substituents is 1. The average molecular weight is 284 g/mol. The molecule has 0 saturated carbocycles. The van der Waals surface area contributed by atoms with Gasteiger partial charge in [-0.05, 0) is 40.6 Å². The molecule has 1 aromatic heterocycles. The summed E-state index contributed by atoms with van der Waals surface area (Å²) in [5.74, 6) is 0.233. The Morgan fingerprint density at radius 1 is 1.33 bits per heavy atom. The van der Waals surface area contributed by atoms with Crippen molar-refractivity contribution in [1.82, 2.24) is 0 Å². The first kappa shape index (κ1) is 10.7. The second kappa shape index (κ2) is 4.35. The van der Waals surface area contributed by atoms with Crippen LogP contribution < -0.4 is 5.73 Å². The molecule has 0 aliphatic carbocycles. The first-order valence-corrected chi connectivity index (χ1v) is 6.18. The minimum absolute atomic E-state index is 0.233. The SMILES string of the molecule is N[C@H](c1ccsc1)c1cc(Br)ccc1O. The van der Waals surface area contributed by atoms with Crippen LogP contribution in [0.2, 0.25) is 0 Å². The number of halogens is 1. The fraction of sp³-hybridized carbons (Fsp3) is 0.0909. The number of nitrogens with two attached hydrogens (primary N) is 1. The fourth-order valence-corrected chi connectivity index (χ4v) is 2.48. The van der Waals surface area contributed by atoms with Crippen LogP contribution in [-0.4, -0.2) is 5.11 Å². The monoisotopic (exact) mass is 283 g/mol. The number of phenols is 1. The molecule has 0 saturated heterocycles. The number of aromatic hydroxyl groups is 1. The molecule has 15 heavy (non-hydrogen) atoms. The first-order chi connectivity index (χ1) is 7.18. The topological polar surface area (TPSA) is 46.2 Å². The molecule has 78 valence electrons. The molecule has 0 aliphatic rings. The van der Waals surface area contributed by atoms with Crippen LogP contribution >= 0.6 is 27.3 Å². The maximum Gasteiger partial charge on any atom is 0.120 e. The molecular weight excluding hydrogens is 274 g/mol. The van der Waals surface area contributed by atoms with Gasteiger partial charge in [0.2, 0.25) is 0 Å². The average Bonchev–Trinajstić information content (AvgIpc) is 2.74. The van der Waals surface area contributed by atoms with Gasteiger partial charge in [-0.15, -0.1) is 0 Å². The standard InChI is InChI=1S/C11H10BrNOS/c12-8-1-2-10(14)9(5-8)11(13)7-3-4-15-6-7/h1-6,11,14H,13H2/t11-/m1/s1. The predicted octanol–water partition coefficient (Wildman–Crippen LogP) is 3.26. The van der Waals surface area contributed by atoms with Gasteiger partial charge in [-0.1, -0.05) is 15.9 Å². The predicted molar refractivity (Wildman–Crippen MR) is 66.2 cm³/mol.